The lowest BCUT2D eigenvalue weighted by atomic mass is 9.73. The van der Waals surface area contributed by atoms with E-state index in [-0.39, 0.29) is 4.92 Å². The van der Waals surface area contributed by atoms with Gasteiger partial charge in [-0.25, -0.2) is 0 Å². The van der Waals surface area contributed by atoms with E-state index in [2.05, 4.69) is 5.16 Å². The van der Waals surface area contributed by atoms with E-state index in [1.54, 1.807) is 0 Å². The highest BCUT2D eigenvalue weighted by atomic mass is 16.7. The molecule has 5 heteroatoms. The molecule has 1 aromatic carbocycles. The highest BCUT2D eigenvalue weighted by Gasteiger charge is 2.62. The maximum atomic E-state index is 11.8. The maximum absolute atomic E-state index is 11.8. The van der Waals surface area contributed by atoms with Gasteiger partial charge in [0.25, 0.3) is 0 Å². The van der Waals surface area contributed by atoms with Crippen LogP contribution in [0.3, 0.4) is 0 Å². The number of hydrogen-bond acceptors (Lipinski definition) is 4. The third kappa shape index (κ3) is 1.66. The van der Waals surface area contributed by atoms with Gasteiger partial charge < -0.3 is 4.84 Å². The van der Waals surface area contributed by atoms with Gasteiger partial charge in [-0.2, -0.15) is 0 Å². The van der Waals surface area contributed by atoms with Gasteiger partial charge in [-0.3, -0.25) is 10.1 Å². The monoisotopic (exact) mass is 272 g/mol. The Kier molecular flexibility index (Phi) is 2.85. The molecule has 2 aliphatic rings. The van der Waals surface area contributed by atoms with Crippen LogP contribution in [0.5, 0.6) is 0 Å². The highest BCUT2D eigenvalue weighted by Crippen LogP contribution is 2.42. The highest BCUT2D eigenvalue weighted by molar-refractivity contribution is 6.07. The molecule has 0 amide bonds. The lowest BCUT2D eigenvalue weighted by molar-refractivity contribution is -0.557. The molecule has 0 radical (unpaired) electrons. The van der Waals surface area contributed by atoms with Gasteiger partial charge in [0.05, 0.1) is 0 Å². The summed E-state index contributed by atoms with van der Waals surface area (Å²) in [6, 6.07) is 9.28. The standard InChI is InChI=1S/C15H16N2O3/c1-10-8-13-15(17(18)19,9-11(10)2)14(16-20-13)12-6-4-3-5-7-12/h3-7,13H,8-9H2,1-2H3. The number of nitro groups is 1. The van der Waals surface area contributed by atoms with Gasteiger partial charge in [0, 0.05) is 23.3 Å². The molecule has 3 rings (SSSR count). The lowest BCUT2D eigenvalue weighted by Crippen LogP contribution is -2.55. The minimum Gasteiger partial charge on any atom is -0.383 e. The van der Waals surface area contributed by atoms with Crippen molar-refractivity contribution in [2.24, 2.45) is 5.16 Å². The molecule has 0 bridgehead atoms. The molecule has 104 valence electrons. The molecule has 0 N–H and O–H groups in total. The number of hydrogen-bond donors (Lipinski definition) is 0. The number of oxime groups is 1. The molecule has 0 saturated carbocycles. The zero-order valence-corrected chi connectivity index (χ0v) is 11.5. The fourth-order valence-corrected chi connectivity index (χ4v) is 3.01. The Hall–Kier alpha value is -2.17. The van der Waals surface area contributed by atoms with E-state index in [1.165, 1.54) is 0 Å². The third-order valence-electron chi connectivity index (χ3n) is 4.34. The maximum Gasteiger partial charge on any atom is 0.309 e. The van der Waals surface area contributed by atoms with Crippen LogP contribution in [0.15, 0.2) is 46.6 Å². The minimum absolute atomic E-state index is 0.216. The average molecular weight is 272 g/mol. The Labute approximate surface area is 117 Å². The van der Waals surface area contributed by atoms with Crippen LogP contribution in [0, 0.1) is 10.1 Å². The quantitative estimate of drug-likeness (QED) is 0.472. The summed E-state index contributed by atoms with van der Waals surface area (Å²) in [5.41, 5.74) is 2.19. The molecule has 1 aliphatic heterocycles. The van der Waals surface area contributed by atoms with Crippen LogP contribution in [0.2, 0.25) is 0 Å². The molecule has 0 saturated heterocycles. The second kappa shape index (κ2) is 4.44. The van der Waals surface area contributed by atoms with E-state index in [1.807, 2.05) is 44.2 Å². The van der Waals surface area contributed by atoms with Crippen molar-refractivity contribution in [2.45, 2.75) is 38.3 Å². The first kappa shape index (κ1) is 12.8. The second-order valence-electron chi connectivity index (χ2n) is 5.52. The summed E-state index contributed by atoms with van der Waals surface area (Å²) in [7, 11) is 0. The Balaban J connectivity index is 2.11. The van der Waals surface area contributed by atoms with Crippen molar-refractivity contribution >= 4 is 5.71 Å². The first-order valence-electron chi connectivity index (χ1n) is 6.65. The number of benzene rings is 1. The average Bonchev–Trinajstić information content (AvgIpc) is 2.80. The van der Waals surface area contributed by atoms with Crippen LogP contribution in [-0.2, 0) is 4.84 Å². The van der Waals surface area contributed by atoms with Crippen molar-refractivity contribution < 1.29 is 9.76 Å². The summed E-state index contributed by atoms with van der Waals surface area (Å²) in [4.78, 5) is 17.0. The Morgan fingerprint density at radius 2 is 2.00 bits per heavy atom. The van der Waals surface area contributed by atoms with Gasteiger partial charge in [0.1, 0.15) is 0 Å². The fourth-order valence-electron chi connectivity index (χ4n) is 3.01. The van der Waals surface area contributed by atoms with Gasteiger partial charge >= 0.3 is 5.54 Å². The summed E-state index contributed by atoms with van der Waals surface area (Å²) in [6.45, 7) is 3.96. The normalized spacial score (nSPS) is 28.7. The molecule has 0 aromatic heterocycles. The molecule has 2 atom stereocenters. The fraction of sp³-hybridized carbons (Fsp3) is 0.400. The van der Waals surface area contributed by atoms with Crippen molar-refractivity contribution in [2.75, 3.05) is 0 Å². The number of nitrogens with zero attached hydrogens (tertiary/aromatic N) is 2. The van der Waals surface area contributed by atoms with E-state index in [9.17, 15) is 10.1 Å². The number of rotatable bonds is 2. The largest absolute Gasteiger partial charge is 0.383 e. The van der Waals surface area contributed by atoms with Crippen molar-refractivity contribution in [1.82, 2.24) is 0 Å². The lowest BCUT2D eigenvalue weighted by Gasteiger charge is -2.31. The van der Waals surface area contributed by atoms with Gasteiger partial charge in [-0.1, -0.05) is 46.6 Å². The summed E-state index contributed by atoms with van der Waals surface area (Å²) in [5, 5.41) is 15.9. The van der Waals surface area contributed by atoms with E-state index in [0.717, 1.165) is 16.7 Å². The first-order valence-corrected chi connectivity index (χ1v) is 6.65. The summed E-state index contributed by atoms with van der Waals surface area (Å²) in [5.74, 6) is 0. The molecule has 0 spiro atoms. The van der Waals surface area contributed by atoms with Crippen LogP contribution < -0.4 is 0 Å². The molecule has 1 heterocycles. The topological polar surface area (TPSA) is 64.7 Å². The minimum atomic E-state index is -1.25. The zero-order valence-electron chi connectivity index (χ0n) is 11.5. The van der Waals surface area contributed by atoms with E-state index in [4.69, 9.17) is 4.84 Å². The molecule has 1 aromatic rings. The van der Waals surface area contributed by atoms with Crippen molar-refractivity contribution in [3.63, 3.8) is 0 Å². The second-order valence-corrected chi connectivity index (χ2v) is 5.52. The molecular formula is C15H16N2O3. The first-order chi connectivity index (χ1) is 9.55. The van der Waals surface area contributed by atoms with Gasteiger partial charge in [-0.15, -0.1) is 0 Å². The van der Waals surface area contributed by atoms with Gasteiger partial charge in [-0.05, 0) is 13.8 Å². The van der Waals surface area contributed by atoms with Crippen LogP contribution in [-0.4, -0.2) is 22.3 Å². The van der Waals surface area contributed by atoms with Gasteiger partial charge in [0.2, 0.25) is 6.10 Å². The summed E-state index contributed by atoms with van der Waals surface area (Å²) in [6.07, 6.45) is 0.424. The third-order valence-corrected chi connectivity index (χ3v) is 4.34. The molecule has 2 unspecified atom stereocenters. The zero-order chi connectivity index (χ0) is 14.3. The Morgan fingerprint density at radius 3 is 2.65 bits per heavy atom. The summed E-state index contributed by atoms with van der Waals surface area (Å²) < 4.78 is 0. The van der Waals surface area contributed by atoms with E-state index >= 15 is 0 Å². The number of fused-ring (bicyclic) bond motifs is 1. The van der Waals surface area contributed by atoms with Crippen LogP contribution in [0.4, 0.5) is 0 Å². The van der Waals surface area contributed by atoms with Crippen molar-refractivity contribution in [1.29, 1.82) is 0 Å². The molecule has 1 aliphatic carbocycles. The Bertz CT molecular complexity index is 621. The molecule has 20 heavy (non-hydrogen) atoms. The predicted molar refractivity (Wildman–Crippen MR) is 75.2 cm³/mol. The Morgan fingerprint density at radius 1 is 1.30 bits per heavy atom. The van der Waals surface area contributed by atoms with Crippen molar-refractivity contribution in [3.05, 3.63) is 57.2 Å². The molecule has 5 nitrogen and oxygen atoms in total. The van der Waals surface area contributed by atoms with Crippen LogP contribution in [0.1, 0.15) is 32.3 Å². The smallest absolute Gasteiger partial charge is 0.309 e. The summed E-state index contributed by atoms with van der Waals surface area (Å²) >= 11 is 0. The van der Waals surface area contributed by atoms with Crippen molar-refractivity contribution in [3.8, 4) is 0 Å². The molecule has 0 fully saturated rings. The molecular weight excluding hydrogens is 256 g/mol. The SMILES string of the molecule is CC1=C(C)CC2([N+](=O)[O-])C(c3ccccc3)=NOC2C1. The van der Waals surface area contributed by atoms with E-state index < -0.39 is 11.6 Å². The predicted octanol–water partition coefficient (Wildman–Crippen LogP) is 2.94. The van der Waals surface area contributed by atoms with E-state index in [0.29, 0.717) is 18.6 Å². The van der Waals surface area contributed by atoms with Crippen LogP contribution in [0.25, 0.3) is 0 Å². The van der Waals surface area contributed by atoms with Crippen LogP contribution >= 0.6 is 0 Å². The van der Waals surface area contributed by atoms with Gasteiger partial charge in [0.15, 0.2) is 5.71 Å².